The minimum absolute atomic E-state index is 0.127. The van der Waals surface area contributed by atoms with Gasteiger partial charge in [-0.15, -0.1) is 0 Å². The molecule has 104 valence electrons. The summed E-state index contributed by atoms with van der Waals surface area (Å²) in [5, 5.41) is 0. The van der Waals surface area contributed by atoms with Crippen molar-refractivity contribution in [2.24, 2.45) is 0 Å². The number of rotatable bonds is 6. The second-order valence-electron chi connectivity index (χ2n) is 6.01. The first-order chi connectivity index (χ1) is 8.32. The third-order valence-electron chi connectivity index (χ3n) is 2.86. The number of nitrogens with zero attached hydrogens (tertiary/aromatic N) is 1. The highest BCUT2D eigenvalue weighted by Crippen LogP contribution is 2.22. The van der Waals surface area contributed by atoms with E-state index in [9.17, 15) is 0 Å². The largest absolute Gasteiger partial charge is 0.379 e. The summed E-state index contributed by atoms with van der Waals surface area (Å²) >= 11 is 5.34. The van der Waals surface area contributed by atoms with E-state index >= 15 is 0 Å². The van der Waals surface area contributed by atoms with Crippen LogP contribution in [-0.2, 0) is 16.7 Å². The molecule has 18 heavy (non-hydrogen) atoms. The van der Waals surface area contributed by atoms with Crippen molar-refractivity contribution in [3.63, 3.8) is 0 Å². The minimum atomic E-state index is 0.127. The molecular formula is C14H26N2OS. The first-order valence-corrected chi connectivity index (χ1v) is 7.13. The predicted octanol–water partition coefficient (Wildman–Crippen LogP) is 4.05. The molecule has 0 aliphatic heterocycles. The molecule has 1 aromatic rings. The Balaban J connectivity index is 2.52. The molecule has 0 fully saturated rings. The Kier molecular flexibility index (Phi) is 5.60. The van der Waals surface area contributed by atoms with Crippen LogP contribution in [0.5, 0.6) is 0 Å². The van der Waals surface area contributed by atoms with E-state index in [2.05, 4.69) is 44.2 Å². The van der Waals surface area contributed by atoms with Crippen LogP contribution in [0.25, 0.3) is 0 Å². The zero-order chi connectivity index (χ0) is 13.8. The van der Waals surface area contributed by atoms with E-state index in [1.807, 2.05) is 6.20 Å². The fourth-order valence-electron chi connectivity index (χ4n) is 1.93. The van der Waals surface area contributed by atoms with Crippen LogP contribution in [0.1, 0.15) is 53.2 Å². The van der Waals surface area contributed by atoms with Gasteiger partial charge in [0.15, 0.2) is 4.77 Å². The Morgan fingerprint density at radius 2 is 2.00 bits per heavy atom. The molecule has 0 aliphatic rings. The second kappa shape index (κ2) is 6.53. The molecule has 0 saturated carbocycles. The standard InChI is InChI=1S/C14H26N2OS/c1-11(2)17-9-7-6-8-16-12(14(3,4)5)10-15-13(16)18/h10-11H,6-9H2,1-5H3,(H,15,18). The summed E-state index contributed by atoms with van der Waals surface area (Å²) in [6, 6.07) is 0. The predicted molar refractivity (Wildman–Crippen MR) is 78.6 cm³/mol. The maximum absolute atomic E-state index is 5.55. The van der Waals surface area contributed by atoms with Gasteiger partial charge in [-0.25, -0.2) is 0 Å². The summed E-state index contributed by atoms with van der Waals surface area (Å²) in [6.07, 6.45) is 4.54. The summed E-state index contributed by atoms with van der Waals surface area (Å²) < 4.78 is 8.58. The molecule has 1 N–H and O–H groups in total. The SMILES string of the molecule is CC(C)OCCCCn1c(C(C)(C)C)c[nH]c1=S. The van der Waals surface area contributed by atoms with Crippen molar-refractivity contribution in [1.82, 2.24) is 9.55 Å². The number of hydrogen-bond acceptors (Lipinski definition) is 2. The number of H-pyrrole nitrogens is 1. The summed E-state index contributed by atoms with van der Waals surface area (Å²) in [4.78, 5) is 3.15. The van der Waals surface area contributed by atoms with E-state index in [-0.39, 0.29) is 5.41 Å². The summed E-state index contributed by atoms with van der Waals surface area (Å²) in [5.41, 5.74) is 1.40. The van der Waals surface area contributed by atoms with Gasteiger partial charge in [0.2, 0.25) is 0 Å². The van der Waals surface area contributed by atoms with Crippen molar-refractivity contribution in [1.29, 1.82) is 0 Å². The maximum Gasteiger partial charge on any atom is 0.177 e. The Hall–Kier alpha value is -0.610. The lowest BCUT2D eigenvalue weighted by molar-refractivity contribution is 0.0754. The number of ether oxygens (including phenoxy) is 1. The molecule has 0 spiro atoms. The van der Waals surface area contributed by atoms with E-state index in [1.165, 1.54) is 5.69 Å². The van der Waals surface area contributed by atoms with Crippen LogP contribution in [-0.4, -0.2) is 22.3 Å². The average molecular weight is 270 g/mol. The summed E-state index contributed by atoms with van der Waals surface area (Å²) in [7, 11) is 0. The average Bonchev–Trinajstić information content (AvgIpc) is 2.59. The molecule has 3 nitrogen and oxygen atoms in total. The molecule has 4 heteroatoms. The molecule has 0 amide bonds. The Labute approximate surface area is 116 Å². The maximum atomic E-state index is 5.55. The lowest BCUT2D eigenvalue weighted by Gasteiger charge is -2.20. The number of unbranched alkanes of at least 4 members (excludes halogenated alkanes) is 1. The molecule has 0 atom stereocenters. The normalized spacial score (nSPS) is 12.3. The highest BCUT2D eigenvalue weighted by atomic mass is 32.1. The van der Waals surface area contributed by atoms with Crippen LogP contribution in [0.2, 0.25) is 0 Å². The smallest absolute Gasteiger partial charge is 0.177 e. The molecule has 0 aromatic carbocycles. The van der Waals surface area contributed by atoms with E-state index in [4.69, 9.17) is 17.0 Å². The van der Waals surface area contributed by atoms with Gasteiger partial charge in [0.25, 0.3) is 0 Å². The molecule has 0 bridgehead atoms. The lowest BCUT2D eigenvalue weighted by Crippen LogP contribution is -2.18. The molecule has 1 heterocycles. The van der Waals surface area contributed by atoms with Gasteiger partial charge < -0.3 is 14.3 Å². The molecule has 0 saturated heterocycles. The monoisotopic (exact) mass is 270 g/mol. The van der Waals surface area contributed by atoms with Crippen molar-refractivity contribution >= 4 is 12.2 Å². The van der Waals surface area contributed by atoms with E-state index in [0.717, 1.165) is 30.8 Å². The van der Waals surface area contributed by atoms with E-state index in [0.29, 0.717) is 6.10 Å². The van der Waals surface area contributed by atoms with Crippen molar-refractivity contribution in [2.75, 3.05) is 6.61 Å². The third-order valence-corrected chi connectivity index (χ3v) is 3.20. The second-order valence-corrected chi connectivity index (χ2v) is 6.39. The summed E-state index contributed by atoms with van der Waals surface area (Å²) in [5.74, 6) is 0. The van der Waals surface area contributed by atoms with E-state index in [1.54, 1.807) is 0 Å². The fraction of sp³-hybridized carbons (Fsp3) is 0.786. The number of hydrogen-bond donors (Lipinski definition) is 1. The van der Waals surface area contributed by atoms with Crippen molar-refractivity contribution in [3.8, 4) is 0 Å². The molecule has 0 aliphatic carbocycles. The quantitative estimate of drug-likeness (QED) is 0.624. The van der Waals surface area contributed by atoms with Gasteiger partial charge in [0.05, 0.1) is 6.10 Å². The van der Waals surface area contributed by atoms with Gasteiger partial charge in [-0.1, -0.05) is 20.8 Å². The number of aromatic amines is 1. The van der Waals surface area contributed by atoms with Gasteiger partial charge in [-0.3, -0.25) is 0 Å². The van der Waals surface area contributed by atoms with Crippen LogP contribution in [0, 0.1) is 4.77 Å². The van der Waals surface area contributed by atoms with Gasteiger partial charge >= 0.3 is 0 Å². The highest BCUT2D eigenvalue weighted by molar-refractivity contribution is 7.71. The van der Waals surface area contributed by atoms with Gasteiger partial charge in [0, 0.05) is 30.5 Å². The first-order valence-electron chi connectivity index (χ1n) is 6.72. The van der Waals surface area contributed by atoms with Crippen molar-refractivity contribution in [2.45, 2.75) is 65.5 Å². The van der Waals surface area contributed by atoms with Gasteiger partial charge in [-0.2, -0.15) is 0 Å². The highest BCUT2D eigenvalue weighted by Gasteiger charge is 2.18. The number of imidazole rings is 1. The third kappa shape index (κ3) is 4.58. The molecular weight excluding hydrogens is 244 g/mol. The van der Waals surface area contributed by atoms with Crippen LogP contribution in [0.4, 0.5) is 0 Å². The summed E-state index contributed by atoms with van der Waals surface area (Å²) in [6.45, 7) is 12.6. The topological polar surface area (TPSA) is 29.9 Å². The van der Waals surface area contributed by atoms with Crippen LogP contribution in [0.15, 0.2) is 6.20 Å². The van der Waals surface area contributed by atoms with E-state index < -0.39 is 0 Å². The molecule has 1 aromatic heterocycles. The van der Waals surface area contributed by atoms with Crippen LogP contribution >= 0.6 is 12.2 Å². The lowest BCUT2D eigenvalue weighted by atomic mass is 9.92. The van der Waals surface area contributed by atoms with Crippen molar-refractivity contribution < 1.29 is 4.74 Å². The molecule has 1 rings (SSSR count). The van der Waals surface area contributed by atoms with Crippen LogP contribution < -0.4 is 0 Å². The Morgan fingerprint density at radius 1 is 1.33 bits per heavy atom. The van der Waals surface area contributed by atoms with Gasteiger partial charge in [0.1, 0.15) is 0 Å². The Morgan fingerprint density at radius 3 is 2.56 bits per heavy atom. The first kappa shape index (κ1) is 15.4. The fourth-order valence-corrected chi connectivity index (χ4v) is 2.18. The van der Waals surface area contributed by atoms with Gasteiger partial charge in [-0.05, 0) is 38.9 Å². The zero-order valence-corrected chi connectivity index (χ0v) is 13.1. The molecule has 0 unspecified atom stereocenters. The van der Waals surface area contributed by atoms with Crippen molar-refractivity contribution in [3.05, 3.63) is 16.7 Å². The zero-order valence-electron chi connectivity index (χ0n) is 12.2. The Bertz CT molecular complexity index is 412. The number of nitrogens with one attached hydrogen (secondary N) is 1. The van der Waals surface area contributed by atoms with Crippen LogP contribution in [0.3, 0.4) is 0 Å². The minimum Gasteiger partial charge on any atom is -0.379 e. The molecule has 0 radical (unpaired) electrons. The number of aromatic nitrogens is 2.